The van der Waals surface area contributed by atoms with Crippen molar-refractivity contribution in [2.75, 3.05) is 59.9 Å². The Morgan fingerprint density at radius 1 is 0.393 bits per heavy atom. The molecule has 0 radical (unpaired) electrons. The molecule has 0 aliphatic rings. The number of hydrogen-bond acceptors (Lipinski definition) is 7. The Kier molecular flexibility index (Phi) is 46.4. The molecule has 0 aliphatic carbocycles. The number of amides is 2. The molecule has 2 N–H and O–H groups in total. The lowest BCUT2D eigenvalue weighted by atomic mass is 10.0. The number of methoxy groups -OCH3 is 1. The van der Waals surface area contributed by atoms with Crippen molar-refractivity contribution in [2.24, 2.45) is 0 Å². The van der Waals surface area contributed by atoms with Crippen LogP contribution in [0.25, 0.3) is 0 Å². The molecule has 0 saturated heterocycles. The first kappa shape index (κ1) is 54.4. The molecule has 9 nitrogen and oxygen atoms in total. The van der Waals surface area contributed by atoms with Crippen LogP contribution in [0.1, 0.15) is 226 Å². The van der Waals surface area contributed by atoms with Crippen molar-refractivity contribution >= 4 is 12.2 Å². The molecule has 0 fully saturated rings. The summed E-state index contributed by atoms with van der Waals surface area (Å²) in [6.07, 6.45) is 41.9. The van der Waals surface area contributed by atoms with Gasteiger partial charge in [0, 0.05) is 26.9 Å². The molecule has 9 heteroatoms. The second-order valence-corrected chi connectivity index (χ2v) is 16.1. The van der Waals surface area contributed by atoms with Gasteiger partial charge in [-0.05, 0) is 19.3 Å². The number of carbonyl (C=O) groups excluding carboxylic acids is 2. The Hall–Kier alpha value is -1.58. The fourth-order valence-corrected chi connectivity index (χ4v) is 6.97. The van der Waals surface area contributed by atoms with E-state index < -0.39 is 18.2 Å². The molecule has 0 saturated carbocycles. The van der Waals surface area contributed by atoms with Gasteiger partial charge >= 0.3 is 12.2 Å². The van der Waals surface area contributed by atoms with Gasteiger partial charge in [-0.3, -0.25) is 0 Å². The summed E-state index contributed by atoms with van der Waals surface area (Å²) >= 11 is 0. The summed E-state index contributed by atoms with van der Waals surface area (Å²) in [5.41, 5.74) is 0. The molecular formula is C47H94N2O7. The maximum atomic E-state index is 12.6. The third kappa shape index (κ3) is 45.1. The van der Waals surface area contributed by atoms with Crippen LogP contribution in [0.15, 0.2) is 0 Å². The molecule has 1 unspecified atom stereocenters. The van der Waals surface area contributed by atoms with Crippen molar-refractivity contribution in [1.82, 2.24) is 10.6 Å². The van der Waals surface area contributed by atoms with E-state index in [-0.39, 0.29) is 13.2 Å². The molecule has 0 bridgehead atoms. The topological polar surface area (TPSA) is 104 Å². The second-order valence-electron chi connectivity index (χ2n) is 16.1. The number of unbranched alkanes of at least 4 members (excludes halogenated alkanes) is 30. The Labute approximate surface area is 347 Å². The Morgan fingerprint density at radius 2 is 0.786 bits per heavy atom. The van der Waals surface area contributed by atoms with Crippen LogP contribution in [0.2, 0.25) is 0 Å². The third-order valence-electron chi connectivity index (χ3n) is 10.6. The van der Waals surface area contributed by atoms with E-state index in [1.165, 1.54) is 180 Å². The van der Waals surface area contributed by atoms with Gasteiger partial charge in [0.1, 0.15) is 6.61 Å². The van der Waals surface area contributed by atoms with Crippen molar-refractivity contribution in [2.45, 2.75) is 232 Å². The van der Waals surface area contributed by atoms with E-state index in [1.807, 2.05) is 0 Å². The summed E-state index contributed by atoms with van der Waals surface area (Å²) in [6.45, 7) is 7.93. The zero-order chi connectivity index (χ0) is 40.7. The van der Waals surface area contributed by atoms with E-state index in [4.69, 9.17) is 23.7 Å². The van der Waals surface area contributed by atoms with Crippen molar-refractivity contribution < 1.29 is 33.3 Å². The fraction of sp³-hybridized carbons (Fsp3) is 0.957. The van der Waals surface area contributed by atoms with E-state index >= 15 is 0 Å². The number of ether oxygens (including phenoxy) is 5. The predicted molar refractivity (Wildman–Crippen MR) is 235 cm³/mol. The van der Waals surface area contributed by atoms with Gasteiger partial charge in [-0.1, -0.05) is 206 Å². The summed E-state index contributed by atoms with van der Waals surface area (Å²) in [5.74, 6) is 0. The number of hydrogen-bond donors (Lipinski definition) is 2. The molecule has 0 aromatic carbocycles. The van der Waals surface area contributed by atoms with Crippen LogP contribution in [0, 0.1) is 0 Å². The molecule has 0 heterocycles. The molecule has 0 spiro atoms. The van der Waals surface area contributed by atoms with E-state index in [0.717, 1.165) is 25.7 Å². The monoisotopic (exact) mass is 799 g/mol. The highest BCUT2D eigenvalue weighted by Gasteiger charge is 2.16. The van der Waals surface area contributed by atoms with Crippen molar-refractivity contribution in [3.8, 4) is 0 Å². The molecule has 0 aromatic heterocycles. The van der Waals surface area contributed by atoms with Crippen LogP contribution in [-0.4, -0.2) is 78.1 Å². The van der Waals surface area contributed by atoms with Gasteiger partial charge in [0.25, 0.3) is 0 Å². The van der Waals surface area contributed by atoms with Crippen LogP contribution in [0.3, 0.4) is 0 Å². The van der Waals surface area contributed by atoms with Gasteiger partial charge in [-0.15, -0.1) is 0 Å². The minimum atomic E-state index is -0.520. The Morgan fingerprint density at radius 3 is 1.21 bits per heavy atom. The van der Waals surface area contributed by atoms with Crippen LogP contribution >= 0.6 is 0 Å². The van der Waals surface area contributed by atoms with Gasteiger partial charge < -0.3 is 34.3 Å². The summed E-state index contributed by atoms with van der Waals surface area (Å²) in [6, 6.07) is -0.475. The zero-order valence-electron chi connectivity index (χ0n) is 37.4. The van der Waals surface area contributed by atoms with Gasteiger partial charge in [-0.2, -0.15) is 0 Å². The minimum Gasteiger partial charge on any atom is -0.450 e. The van der Waals surface area contributed by atoms with Gasteiger partial charge in [0.05, 0.1) is 32.5 Å². The lowest BCUT2D eigenvalue weighted by Gasteiger charge is -2.19. The van der Waals surface area contributed by atoms with Crippen molar-refractivity contribution in [3.05, 3.63) is 0 Å². The number of rotatable bonds is 46. The van der Waals surface area contributed by atoms with Crippen LogP contribution in [-0.2, 0) is 23.7 Å². The molecule has 0 aromatic rings. The molecule has 334 valence electrons. The normalized spacial score (nSPS) is 11.8. The molecule has 1 atom stereocenters. The average molecular weight is 799 g/mol. The lowest BCUT2D eigenvalue weighted by molar-refractivity contribution is 0.0647. The van der Waals surface area contributed by atoms with E-state index in [9.17, 15) is 9.59 Å². The van der Waals surface area contributed by atoms with Crippen LogP contribution < -0.4 is 10.6 Å². The smallest absolute Gasteiger partial charge is 0.407 e. The maximum absolute atomic E-state index is 12.6. The van der Waals surface area contributed by atoms with Crippen molar-refractivity contribution in [3.63, 3.8) is 0 Å². The Balaban J connectivity index is 4.08. The molecule has 2 amide bonds. The van der Waals surface area contributed by atoms with E-state index in [1.54, 1.807) is 7.11 Å². The lowest BCUT2D eigenvalue weighted by Crippen LogP contribution is -2.43. The molecule has 0 aliphatic heterocycles. The van der Waals surface area contributed by atoms with Crippen molar-refractivity contribution in [1.29, 1.82) is 0 Å². The van der Waals surface area contributed by atoms with Crippen LogP contribution in [0.5, 0.6) is 0 Å². The van der Waals surface area contributed by atoms with Gasteiger partial charge in [0.15, 0.2) is 0 Å². The fourth-order valence-electron chi connectivity index (χ4n) is 6.97. The van der Waals surface area contributed by atoms with Gasteiger partial charge in [-0.25, -0.2) is 9.59 Å². The summed E-state index contributed by atoms with van der Waals surface area (Å²) in [7, 11) is 1.64. The van der Waals surface area contributed by atoms with E-state index in [2.05, 4.69) is 24.5 Å². The number of nitrogens with one attached hydrogen (secondary N) is 2. The number of carbonyl (C=O) groups is 2. The first-order valence-electron chi connectivity index (χ1n) is 24.1. The molecule has 56 heavy (non-hydrogen) atoms. The zero-order valence-corrected chi connectivity index (χ0v) is 37.4. The third-order valence-corrected chi connectivity index (χ3v) is 10.6. The van der Waals surface area contributed by atoms with Gasteiger partial charge in [0.2, 0.25) is 0 Å². The average Bonchev–Trinajstić information content (AvgIpc) is 3.20. The summed E-state index contributed by atoms with van der Waals surface area (Å²) in [4.78, 5) is 24.9. The molecule has 0 rings (SSSR count). The second kappa shape index (κ2) is 47.8. The van der Waals surface area contributed by atoms with Crippen LogP contribution in [0.4, 0.5) is 9.59 Å². The Bertz CT molecular complexity index is 788. The highest BCUT2D eigenvalue weighted by molar-refractivity contribution is 5.68. The summed E-state index contributed by atoms with van der Waals surface area (Å²) < 4.78 is 27.2. The largest absolute Gasteiger partial charge is 0.450 e. The summed E-state index contributed by atoms with van der Waals surface area (Å²) in [5, 5.41) is 5.60. The molecular weight excluding hydrogens is 705 g/mol. The van der Waals surface area contributed by atoms with E-state index in [0.29, 0.717) is 46.0 Å². The SMILES string of the molecule is CCCCCCCCCCCCCCCCCCOCC(COC(=O)NCCCOCCOC)NC(=O)OCCCCCCCCCCCCCCCCCC. The maximum Gasteiger partial charge on any atom is 0.407 e. The standard InChI is InChI=1S/C47H94N2O7/c1-4-6-8-10-12-14-16-18-20-22-24-26-28-30-32-34-38-54-43-45(44-56-46(50)48-37-36-39-53-42-41-52-3)49-47(51)55-40-35-33-31-29-27-25-23-21-19-17-15-13-11-9-7-5-2/h45H,4-44H2,1-3H3,(H,48,50)(H,49,51). The highest BCUT2D eigenvalue weighted by atomic mass is 16.6. The predicted octanol–water partition coefficient (Wildman–Crippen LogP) is 13.4. The highest BCUT2D eigenvalue weighted by Crippen LogP contribution is 2.15. The quantitative estimate of drug-likeness (QED) is 0.0591. The first-order valence-corrected chi connectivity index (χ1v) is 24.1. The minimum absolute atomic E-state index is 0.0171. The first-order chi connectivity index (χ1) is 27.6. The number of alkyl carbamates (subject to hydrolysis) is 2.